The molecule has 0 spiro atoms. The molecule has 7 heteroatoms. The second kappa shape index (κ2) is 7.81. The molecular weight excluding hydrogens is 440 g/mol. The van der Waals surface area contributed by atoms with Gasteiger partial charge in [-0.3, -0.25) is 4.79 Å². The lowest BCUT2D eigenvalue weighted by atomic mass is 9.47. The first-order chi connectivity index (χ1) is 15.1. The summed E-state index contributed by atoms with van der Waals surface area (Å²) in [5.74, 6) is 3.27. The Hall–Kier alpha value is -0.920. The molecule has 1 aromatic heterocycles. The number of nitrogens with one attached hydrogen (secondary N) is 1. The van der Waals surface area contributed by atoms with Gasteiger partial charge in [-0.15, -0.1) is 11.3 Å². The quantitative estimate of drug-likeness (QED) is 0.679. The van der Waals surface area contributed by atoms with Crippen molar-refractivity contribution < 1.29 is 13.2 Å². The fourth-order valence-electron chi connectivity index (χ4n) is 8.74. The summed E-state index contributed by atoms with van der Waals surface area (Å²) in [4.78, 5) is 14.4. The van der Waals surface area contributed by atoms with E-state index in [1.54, 1.807) is 12.1 Å². The molecule has 5 nitrogen and oxygen atoms in total. The first-order valence-corrected chi connectivity index (χ1v) is 14.7. The summed E-state index contributed by atoms with van der Waals surface area (Å²) >= 11 is 1.28. The van der Waals surface area contributed by atoms with Gasteiger partial charge < -0.3 is 4.90 Å². The molecule has 1 aromatic rings. The first kappa shape index (κ1) is 22.9. The molecule has 5 rings (SSSR count). The van der Waals surface area contributed by atoms with Gasteiger partial charge in [-0.05, 0) is 90.4 Å². The van der Waals surface area contributed by atoms with E-state index in [1.807, 2.05) is 12.4 Å². The number of thiophene rings is 1. The van der Waals surface area contributed by atoms with Crippen LogP contribution in [0.3, 0.4) is 0 Å². The number of hydrogen-bond donors (Lipinski definition) is 1. The molecule has 1 N–H and O–H groups in total. The standard InChI is InChI=1S/C25H38N2O3S2/c1-16-14-19-17-7-8-21-25(3,12-10-22(28)27(21)4)18(17)9-11-24(19,2)20(16)15-26-32(29,30)23-6-5-13-31-23/h5-6,13,16-21,26H,7-12,14-15H2,1-4H3/t16?,17-,18-,19+,20?,21?,24+,25-/m1/s1. The summed E-state index contributed by atoms with van der Waals surface area (Å²) < 4.78 is 28.9. The smallest absolute Gasteiger partial charge is 0.250 e. The topological polar surface area (TPSA) is 66.5 Å². The van der Waals surface area contributed by atoms with Gasteiger partial charge in [-0.2, -0.15) is 0 Å². The molecule has 4 fully saturated rings. The summed E-state index contributed by atoms with van der Waals surface area (Å²) in [7, 11) is -1.40. The lowest BCUT2D eigenvalue weighted by molar-refractivity contribution is -0.158. The highest BCUT2D eigenvalue weighted by Gasteiger charge is 2.62. The van der Waals surface area contributed by atoms with Gasteiger partial charge in [0.25, 0.3) is 0 Å². The zero-order valence-corrected chi connectivity index (χ0v) is 21.5. The molecule has 1 aliphatic heterocycles. The van der Waals surface area contributed by atoms with Gasteiger partial charge in [0.1, 0.15) is 4.21 Å². The Balaban J connectivity index is 1.36. The molecule has 3 unspecified atom stereocenters. The third kappa shape index (κ3) is 3.32. The number of hydrogen-bond acceptors (Lipinski definition) is 4. The van der Waals surface area contributed by atoms with Crippen molar-refractivity contribution in [2.24, 2.45) is 40.4 Å². The van der Waals surface area contributed by atoms with E-state index in [0.29, 0.717) is 58.7 Å². The second-order valence-corrected chi connectivity index (χ2v) is 14.6. The van der Waals surface area contributed by atoms with E-state index in [1.165, 1.54) is 37.0 Å². The molecule has 0 radical (unpaired) electrons. The average Bonchev–Trinajstić information content (AvgIpc) is 3.37. The Bertz CT molecular complexity index is 977. The third-order valence-corrected chi connectivity index (χ3v) is 13.2. The molecular formula is C25H38N2O3S2. The van der Waals surface area contributed by atoms with Crippen molar-refractivity contribution in [1.29, 1.82) is 0 Å². The fraction of sp³-hybridized carbons (Fsp3) is 0.800. The zero-order valence-electron chi connectivity index (χ0n) is 19.8. The maximum Gasteiger partial charge on any atom is 0.250 e. The van der Waals surface area contributed by atoms with Gasteiger partial charge in [0.15, 0.2) is 0 Å². The minimum Gasteiger partial charge on any atom is -0.342 e. The van der Waals surface area contributed by atoms with Crippen molar-refractivity contribution in [2.45, 2.75) is 76.0 Å². The number of fused-ring (bicyclic) bond motifs is 5. The van der Waals surface area contributed by atoms with Crippen molar-refractivity contribution in [2.75, 3.05) is 13.6 Å². The van der Waals surface area contributed by atoms with E-state index in [2.05, 4.69) is 30.4 Å². The Morgan fingerprint density at radius 1 is 1.16 bits per heavy atom. The van der Waals surface area contributed by atoms with E-state index in [-0.39, 0.29) is 10.8 Å². The molecule has 178 valence electrons. The molecule has 0 aromatic carbocycles. The van der Waals surface area contributed by atoms with Crippen LogP contribution < -0.4 is 4.72 Å². The van der Waals surface area contributed by atoms with Crippen LogP contribution >= 0.6 is 11.3 Å². The summed E-state index contributed by atoms with van der Waals surface area (Å²) in [6.45, 7) is 7.80. The van der Waals surface area contributed by atoms with E-state index >= 15 is 0 Å². The minimum absolute atomic E-state index is 0.193. The first-order valence-electron chi connectivity index (χ1n) is 12.4. The van der Waals surface area contributed by atoms with Crippen LogP contribution in [0.4, 0.5) is 0 Å². The second-order valence-electron chi connectivity index (χ2n) is 11.6. The number of nitrogens with zero attached hydrogens (tertiary/aromatic N) is 1. The molecule has 0 bridgehead atoms. The minimum atomic E-state index is -3.42. The van der Waals surface area contributed by atoms with Crippen molar-refractivity contribution in [3.63, 3.8) is 0 Å². The number of carbonyl (C=O) groups is 1. The molecule has 4 aliphatic rings. The van der Waals surface area contributed by atoms with Crippen LogP contribution in [0.2, 0.25) is 0 Å². The molecule has 1 saturated heterocycles. The highest BCUT2D eigenvalue weighted by atomic mass is 32.2. The molecule has 8 atom stereocenters. The maximum atomic E-state index is 12.8. The van der Waals surface area contributed by atoms with Crippen molar-refractivity contribution in [3.05, 3.63) is 17.5 Å². The van der Waals surface area contributed by atoms with E-state index in [9.17, 15) is 13.2 Å². The number of rotatable bonds is 4. The summed E-state index contributed by atoms with van der Waals surface area (Å²) in [6, 6.07) is 3.87. The largest absolute Gasteiger partial charge is 0.342 e. The van der Waals surface area contributed by atoms with Gasteiger partial charge in [0.05, 0.1) is 0 Å². The molecule has 3 saturated carbocycles. The van der Waals surface area contributed by atoms with Gasteiger partial charge in [0, 0.05) is 26.1 Å². The van der Waals surface area contributed by atoms with Crippen LogP contribution in [0, 0.1) is 40.4 Å². The van der Waals surface area contributed by atoms with Crippen LogP contribution in [0.25, 0.3) is 0 Å². The highest BCUT2D eigenvalue weighted by molar-refractivity contribution is 7.91. The van der Waals surface area contributed by atoms with Gasteiger partial charge >= 0.3 is 0 Å². The summed E-state index contributed by atoms with van der Waals surface area (Å²) in [5, 5.41) is 1.82. The number of carbonyl (C=O) groups excluding carboxylic acids is 1. The zero-order chi connectivity index (χ0) is 22.9. The Morgan fingerprint density at radius 3 is 2.66 bits per heavy atom. The Labute approximate surface area is 197 Å². The van der Waals surface area contributed by atoms with Gasteiger partial charge in [0.2, 0.25) is 15.9 Å². The summed E-state index contributed by atoms with van der Waals surface area (Å²) in [5.41, 5.74) is 0.424. The van der Waals surface area contributed by atoms with E-state index in [4.69, 9.17) is 0 Å². The van der Waals surface area contributed by atoms with Gasteiger partial charge in [-0.1, -0.05) is 26.8 Å². The number of sulfonamides is 1. The van der Waals surface area contributed by atoms with Gasteiger partial charge in [-0.25, -0.2) is 13.1 Å². The van der Waals surface area contributed by atoms with Crippen LogP contribution in [0.5, 0.6) is 0 Å². The predicted molar refractivity (Wildman–Crippen MR) is 128 cm³/mol. The van der Waals surface area contributed by atoms with Crippen LogP contribution in [-0.2, 0) is 14.8 Å². The van der Waals surface area contributed by atoms with Crippen LogP contribution in [-0.4, -0.2) is 38.9 Å². The average molecular weight is 479 g/mol. The lowest BCUT2D eigenvalue weighted by Gasteiger charge is -2.61. The summed E-state index contributed by atoms with van der Waals surface area (Å²) in [6.07, 6.45) is 7.66. The molecule has 32 heavy (non-hydrogen) atoms. The van der Waals surface area contributed by atoms with Crippen molar-refractivity contribution in [3.8, 4) is 0 Å². The third-order valence-electron chi connectivity index (χ3n) is 10.4. The van der Waals surface area contributed by atoms with Crippen LogP contribution in [0.15, 0.2) is 21.7 Å². The lowest BCUT2D eigenvalue weighted by Crippen LogP contribution is -2.61. The number of likely N-dealkylation sites (tertiary alicyclic amines) is 1. The number of amides is 1. The maximum absolute atomic E-state index is 12.8. The Morgan fingerprint density at radius 2 is 1.94 bits per heavy atom. The highest BCUT2D eigenvalue weighted by Crippen LogP contribution is 2.67. The van der Waals surface area contributed by atoms with Crippen molar-refractivity contribution in [1.82, 2.24) is 9.62 Å². The number of piperidine rings is 1. The monoisotopic (exact) mass is 478 g/mol. The normalized spacial score (nSPS) is 44.1. The van der Waals surface area contributed by atoms with Crippen molar-refractivity contribution >= 4 is 27.3 Å². The van der Waals surface area contributed by atoms with E-state index < -0.39 is 10.0 Å². The SMILES string of the molecule is CC1C[C@H]2[C@@H]3CCC4N(C)C(=O)CC[C@]4(C)[C@@H]3CC[C@]2(C)C1CNS(=O)(=O)c1cccs1. The molecule has 1 amide bonds. The van der Waals surface area contributed by atoms with E-state index in [0.717, 1.165) is 12.8 Å². The fourth-order valence-corrected chi connectivity index (χ4v) is 10.8. The predicted octanol–water partition coefficient (Wildman–Crippen LogP) is 4.75. The molecule has 2 heterocycles. The van der Waals surface area contributed by atoms with Crippen LogP contribution in [0.1, 0.15) is 65.7 Å². The Kier molecular flexibility index (Phi) is 5.58. The molecule has 3 aliphatic carbocycles.